The van der Waals surface area contributed by atoms with Crippen molar-refractivity contribution >= 4 is 0 Å². The van der Waals surface area contributed by atoms with E-state index in [0.29, 0.717) is 13.0 Å². The third-order valence-electron chi connectivity index (χ3n) is 2.99. The SMILES string of the molecule is CCC(O)c1ccc(OCc2ccc(O)cc2)cc1. The first-order valence-electron chi connectivity index (χ1n) is 6.37. The first kappa shape index (κ1) is 13.4. The van der Waals surface area contributed by atoms with Gasteiger partial charge in [0.25, 0.3) is 0 Å². The van der Waals surface area contributed by atoms with E-state index in [1.807, 2.05) is 43.3 Å². The van der Waals surface area contributed by atoms with Gasteiger partial charge in [0.05, 0.1) is 6.10 Å². The summed E-state index contributed by atoms with van der Waals surface area (Å²) in [6, 6.07) is 14.4. The van der Waals surface area contributed by atoms with Gasteiger partial charge < -0.3 is 14.9 Å². The number of hydrogen-bond donors (Lipinski definition) is 2. The number of phenols is 1. The van der Waals surface area contributed by atoms with Crippen molar-refractivity contribution in [1.82, 2.24) is 0 Å². The Balaban J connectivity index is 1.94. The summed E-state index contributed by atoms with van der Waals surface area (Å²) in [5.41, 5.74) is 1.90. The maximum Gasteiger partial charge on any atom is 0.119 e. The molecule has 0 amide bonds. The van der Waals surface area contributed by atoms with Crippen LogP contribution in [-0.2, 0) is 6.61 Å². The van der Waals surface area contributed by atoms with Crippen molar-refractivity contribution in [2.45, 2.75) is 26.1 Å². The molecule has 0 saturated heterocycles. The number of benzene rings is 2. The summed E-state index contributed by atoms with van der Waals surface area (Å²) < 4.78 is 5.64. The van der Waals surface area contributed by atoms with E-state index in [-0.39, 0.29) is 5.75 Å². The molecule has 2 N–H and O–H groups in total. The summed E-state index contributed by atoms with van der Waals surface area (Å²) in [6.45, 7) is 2.40. The Morgan fingerprint density at radius 1 is 1.00 bits per heavy atom. The van der Waals surface area contributed by atoms with Crippen LogP contribution in [0.2, 0.25) is 0 Å². The Kier molecular flexibility index (Phi) is 4.42. The molecular weight excluding hydrogens is 240 g/mol. The molecule has 0 aliphatic rings. The van der Waals surface area contributed by atoms with Gasteiger partial charge >= 0.3 is 0 Å². The van der Waals surface area contributed by atoms with Crippen LogP contribution >= 0.6 is 0 Å². The van der Waals surface area contributed by atoms with Gasteiger partial charge in [-0.15, -0.1) is 0 Å². The fraction of sp³-hybridized carbons (Fsp3) is 0.250. The van der Waals surface area contributed by atoms with Crippen LogP contribution in [0, 0.1) is 0 Å². The number of aliphatic hydroxyl groups is 1. The Hall–Kier alpha value is -2.00. The predicted molar refractivity (Wildman–Crippen MR) is 74.1 cm³/mol. The van der Waals surface area contributed by atoms with Gasteiger partial charge in [-0.05, 0) is 41.8 Å². The van der Waals surface area contributed by atoms with Crippen LogP contribution in [0.1, 0.15) is 30.6 Å². The van der Waals surface area contributed by atoms with Crippen molar-refractivity contribution in [1.29, 1.82) is 0 Å². The third kappa shape index (κ3) is 3.73. The third-order valence-corrected chi connectivity index (χ3v) is 2.99. The van der Waals surface area contributed by atoms with E-state index >= 15 is 0 Å². The molecule has 3 heteroatoms. The van der Waals surface area contributed by atoms with E-state index in [0.717, 1.165) is 16.9 Å². The zero-order valence-electron chi connectivity index (χ0n) is 10.9. The summed E-state index contributed by atoms with van der Waals surface area (Å²) in [7, 11) is 0. The summed E-state index contributed by atoms with van der Waals surface area (Å²) in [6.07, 6.45) is 0.291. The Morgan fingerprint density at radius 3 is 2.21 bits per heavy atom. The summed E-state index contributed by atoms with van der Waals surface area (Å²) >= 11 is 0. The average molecular weight is 258 g/mol. The summed E-state index contributed by atoms with van der Waals surface area (Å²) in [5, 5.41) is 18.9. The highest BCUT2D eigenvalue weighted by Gasteiger charge is 2.04. The molecule has 3 nitrogen and oxygen atoms in total. The van der Waals surface area contributed by atoms with Crippen molar-refractivity contribution < 1.29 is 14.9 Å². The number of rotatable bonds is 5. The van der Waals surface area contributed by atoms with Crippen LogP contribution in [0.3, 0.4) is 0 Å². The van der Waals surface area contributed by atoms with Crippen LogP contribution in [0.4, 0.5) is 0 Å². The van der Waals surface area contributed by atoms with Crippen molar-refractivity contribution in [3.8, 4) is 11.5 Å². The minimum Gasteiger partial charge on any atom is -0.508 e. The highest BCUT2D eigenvalue weighted by atomic mass is 16.5. The van der Waals surface area contributed by atoms with Gasteiger partial charge in [0.2, 0.25) is 0 Å². The molecule has 19 heavy (non-hydrogen) atoms. The standard InChI is InChI=1S/C16H18O3/c1-2-16(18)13-5-9-15(10-6-13)19-11-12-3-7-14(17)8-4-12/h3-10,16-18H,2,11H2,1H3. The predicted octanol–water partition coefficient (Wildman–Crippen LogP) is 3.41. The molecule has 100 valence electrons. The Bertz CT molecular complexity index is 503. The lowest BCUT2D eigenvalue weighted by molar-refractivity contribution is 0.173. The van der Waals surface area contributed by atoms with E-state index < -0.39 is 6.10 Å². The smallest absolute Gasteiger partial charge is 0.119 e. The quantitative estimate of drug-likeness (QED) is 0.864. The lowest BCUT2D eigenvalue weighted by Gasteiger charge is -2.10. The van der Waals surface area contributed by atoms with Crippen molar-refractivity contribution in [2.24, 2.45) is 0 Å². The highest BCUT2D eigenvalue weighted by Crippen LogP contribution is 2.20. The van der Waals surface area contributed by atoms with Crippen LogP contribution < -0.4 is 4.74 Å². The zero-order chi connectivity index (χ0) is 13.7. The number of aliphatic hydroxyl groups excluding tert-OH is 1. The van der Waals surface area contributed by atoms with E-state index in [2.05, 4.69) is 0 Å². The van der Waals surface area contributed by atoms with Crippen molar-refractivity contribution in [2.75, 3.05) is 0 Å². The average Bonchev–Trinajstić information content (AvgIpc) is 2.46. The monoisotopic (exact) mass is 258 g/mol. The fourth-order valence-electron chi connectivity index (χ4n) is 1.78. The molecule has 1 atom stereocenters. The largest absolute Gasteiger partial charge is 0.508 e. The molecular formula is C16H18O3. The molecule has 0 saturated carbocycles. The molecule has 0 bridgehead atoms. The maximum atomic E-state index is 9.69. The lowest BCUT2D eigenvalue weighted by Crippen LogP contribution is -1.97. The molecule has 0 fully saturated rings. The number of hydrogen-bond acceptors (Lipinski definition) is 3. The molecule has 0 aliphatic carbocycles. The second-order valence-corrected chi connectivity index (χ2v) is 4.45. The van der Waals surface area contributed by atoms with Crippen LogP contribution in [-0.4, -0.2) is 10.2 Å². The van der Waals surface area contributed by atoms with Gasteiger partial charge in [-0.1, -0.05) is 31.2 Å². The zero-order valence-corrected chi connectivity index (χ0v) is 10.9. The van der Waals surface area contributed by atoms with Gasteiger partial charge in [0.15, 0.2) is 0 Å². The number of aromatic hydroxyl groups is 1. The minimum atomic E-state index is -0.411. The van der Waals surface area contributed by atoms with Crippen molar-refractivity contribution in [3.63, 3.8) is 0 Å². The van der Waals surface area contributed by atoms with Crippen LogP contribution in [0.15, 0.2) is 48.5 Å². The molecule has 2 rings (SSSR count). The summed E-state index contributed by atoms with van der Waals surface area (Å²) in [5.74, 6) is 1.02. The van der Waals surface area contributed by atoms with Gasteiger partial charge in [-0.3, -0.25) is 0 Å². The van der Waals surface area contributed by atoms with Crippen molar-refractivity contribution in [3.05, 3.63) is 59.7 Å². The van der Waals surface area contributed by atoms with E-state index in [1.54, 1.807) is 12.1 Å². The Labute approximate surface area is 113 Å². The first-order valence-corrected chi connectivity index (χ1v) is 6.37. The molecule has 1 unspecified atom stereocenters. The molecule has 2 aromatic carbocycles. The van der Waals surface area contributed by atoms with E-state index in [1.165, 1.54) is 0 Å². The molecule has 0 heterocycles. The second kappa shape index (κ2) is 6.25. The van der Waals surface area contributed by atoms with Gasteiger partial charge in [-0.25, -0.2) is 0 Å². The van der Waals surface area contributed by atoms with Crippen LogP contribution in [0.25, 0.3) is 0 Å². The molecule has 2 aromatic rings. The van der Waals surface area contributed by atoms with Gasteiger partial charge in [0, 0.05) is 0 Å². The van der Waals surface area contributed by atoms with Crippen LogP contribution in [0.5, 0.6) is 11.5 Å². The minimum absolute atomic E-state index is 0.252. The van der Waals surface area contributed by atoms with Gasteiger partial charge in [-0.2, -0.15) is 0 Å². The molecule has 0 radical (unpaired) electrons. The normalized spacial score (nSPS) is 12.1. The topological polar surface area (TPSA) is 49.7 Å². The maximum absolute atomic E-state index is 9.69. The Morgan fingerprint density at radius 2 is 1.63 bits per heavy atom. The van der Waals surface area contributed by atoms with Gasteiger partial charge in [0.1, 0.15) is 18.1 Å². The molecule has 0 spiro atoms. The van der Waals surface area contributed by atoms with E-state index in [9.17, 15) is 10.2 Å². The lowest BCUT2D eigenvalue weighted by atomic mass is 10.1. The molecule has 0 aliphatic heterocycles. The first-order chi connectivity index (χ1) is 9.19. The fourth-order valence-corrected chi connectivity index (χ4v) is 1.78. The highest BCUT2D eigenvalue weighted by molar-refractivity contribution is 5.29. The molecule has 0 aromatic heterocycles. The summed E-state index contributed by atoms with van der Waals surface area (Å²) in [4.78, 5) is 0. The number of phenolic OH excluding ortho intramolecular Hbond substituents is 1. The second-order valence-electron chi connectivity index (χ2n) is 4.45. The van der Waals surface area contributed by atoms with E-state index in [4.69, 9.17) is 4.74 Å². The number of ether oxygens (including phenoxy) is 1.